The highest BCUT2D eigenvalue weighted by Gasteiger charge is 2.06. The van der Waals surface area contributed by atoms with E-state index in [0.29, 0.717) is 11.3 Å². The Labute approximate surface area is 120 Å². The number of aliphatic imine (C=N–C) groups is 1. The zero-order valence-corrected chi connectivity index (χ0v) is 10.9. The van der Waals surface area contributed by atoms with Gasteiger partial charge in [0.05, 0.1) is 4.92 Å². The molecule has 0 heterocycles. The number of nitrogens with one attached hydrogen (secondary N) is 1. The average molecular weight is 284 g/mol. The lowest BCUT2D eigenvalue weighted by molar-refractivity contribution is -0.384. The van der Waals surface area contributed by atoms with Gasteiger partial charge in [0, 0.05) is 23.4 Å². The van der Waals surface area contributed by atoms with E-state index in [1.807, 2.05) is 6.07 Å². The third-order valence-corrected chi connectivity index (χ3v) is 2.62. The molecule has 0 unspecified atom stereocenters. The maximum atomic E-state index is 11.7. The number of non-ortho nitro benzene ring substituents is 1. The molecule has 0 aliphatic carbocycles. The summed E-state index contributed by atoms with van der Waals surface area (Å²) in [5.74, 6) is 0.0926. The predicted octanol–water partition coefficient (Wildman–Crippen LogP) is 2.53. The van der Waals surface area contributed by atoms with E-state index in [4.69, 9.17) is 5.73 Å². The van der Waals surface area contributed by atoms with Crippen LogP contribution in [-0.2, 0) is 0 Å². The van der Waals surface area contributed by atoms with Crippen molar-refractivity contribution in [3.63, 3.8) is 0 Å². The summed E-state index contributed by atoms with van der Waals surface area (Å²) in [5, 5.41) is 13.0. The number of nitrogens with zero attached hydrogens (tertiary/aromatic N) is 2. The molecule has 0 aliphatic rings. The van der Waals surface area contributed by atoms with Gasteiger partial charge in [0.2, 0.25) is 0 Å². The van der Waals surface area contributed by atoms with E-state index in [2.05, 4.69) is 10.3 Å². The van der Waals surface area contributed by atoms with Crippen LogP contribution in [0.15, 0.2) is 59.6 Å². The molecule has 0 radical (unpaired) electrons. The Morgan fingerprint density at radius 3 is 2.29 bits per heavy atom. The molecule has 2 aromatic carbocycles. The largest absolute Gasteiger partial charge is 0.383 e. The number of carbonyl (C=O) groups excluding carboxylic acids is 1. The molecule has 0 spiro atoms. The van der Waals surface area contributed by atoms with Crippen molar-refractivity contribution in [1.82, 2.24) is 0 Å². The number of rotatable bonds is 3. The molecule has 106 valence electrons. The fourth-order valence-corrected chi connectivity index (χ4v) is 1.60. The van der Waals surface area contributed by atoms with Crippen molar-refractivity contribution < 1.29 is 9.72 Å². The van der Waals surface area contributed by atoms with Crippen LogP contribution < -0.4 is 11.1 Å². The molecule has 3 N–H and O–H groups in total. The van der Waals surface area contributed by atoms with Crippen molar-refractivity contribution in [3.05, 3.63) is 70.3 Å². The molecule has 0 aromatic heterocycles. The minimum absolute atomic E-state index is 0.0553. The molecular weight excluding hydrogens is 272 g/mol. The van der Waals surface area contributed by atoms with E-state index >= 15 is 0 Å². The number of nitro groups is 1. The number of nitrogens with two attached hydrogens (primary N) is 1. The van der Waals surface area contributed by atoms with E-state index in [9.17, 15) is 14.9 Å². The number of anilines is 1. The van der Waals surface area contributed by atoms with E-state index < -0.39 is 11.0 Å². The van der Waals surface area contributed by atoms with Crippen LogP contribution in [0.3, 0.4) is 0 Å². The maximum Gasteiger partial charge on any atom is 0.347 e. The zero-order chi connectivity index (χ0) is 15.2. The Balaban J connectivity index is 2.06. The fraction of sp³-hybridized carbons (Fsp3) is 0. The molecular formula is C14H12N4O3. The maximum absolute atomic E-state index is 11.7. The first kappa shape index (κ1) is 14.2. The molecule has 0 aliphatic heterocycles. The topological polar surface area (TPSA) is 111 Å². The number of urea groups is 1. The van der Waals surface area contributed by atoms with E-state index in [-0.39, 0.29) is 11.5 Å². The highest BCUT2D eigenvalue weighted by Crippen LogP contribution is 2.15. The van der Waals surface area contributed by atoms with E-state index in [0.717, 1.165) is 0 Å². The predicted molar refractivity (Wildman–Crippen MR) is 79.3 cm³/mol. The summed E-state index contributed by atoms with van der Waals surface area (Å²) < 4.78 is 0. The van der Waals surface area contributed by atoms with Gasteiger partial charge in [0.1, 0.15) is 5.84 Å². The molecule has 0 fully saturated rings. The summed E-state index contributed by atoms with van der Waals surface area (Å²) in [6.45, 7) is 0. The number of carbonyl (C=O) groups is 1. The van der Waals surface area contributed by atoms with Gasteiger partial charge in [-0.1, -0.05) is 30.3 Å². The van der Waals surface area contributed by atoms with Gasteiger partial charge >= 0.3 is 6.03 Å². The van der Waals surface area contributed by atoms with Crippen molar-refractivity contribution in [2.45, 2.75) is 0 Å². The molecule has 7 nitrogen and oxygen atoms in total. The first-order valence-electron chi connectivity index (χ1n) is 6.01. The van der Waals surface area contributed by atoms with Crippen molar-refractivity contribution in [1.29, 1.82) is 0 Å². The molecule has 7 heteroatoms. The number of nitro benzene ring substituents is 1. The van der Waals surface area contributed by atoms with Gasteiger partial charge in [0.25, 0.3) is 5.69 Å². The van der Waals surface area contributed by atoms with Crippen molar-refractivity contribution in [3.8, 4) is 0 Å². The zero-order valence-electron chi connectivity index (χ0n) is 10.9. The summed E-state index contributed by atoms with van der Waals surface area (Å²) in [5.41, 5.74) is 6.69. The van der Waals surface area contributed by atoms with Crippen LogP contribution in [0, 0.1) is 10.1 Å². The van der Waals surface area contributed by atoms with Crippen molar-refractivity contribution >= 4 is 23.2 Å². The lowest BCUT2D eigenvalue weighted by Gasteiger charge is -2.03. The molecule has 2 rings (SSSR count). The standard InChI is InChI=1S/C14H12N4O3/c15-13(10-4-2-1-3-5-10)17-14(19)16-11-6-8-12(9-7-11)18(20)21/h1-9H,(H3,15,16,17,19). The number of hydrogen-bond donors (Lipinski definition) is 2. The van der Waals surface area contributed by atoms with Crippen LogP contribution in [0.2, 0.25) is 0 Å². The first-order valence-corrected chi connectivity index (χ1v) is 6.01. The van der Waals surface area contributed by atoms with Crippen LogP contribution in [0.5, 0.6) is 0 Å². The second kappa shape index (κ2) is 6.29. The molecule has 0 bridgehead atoms. The van der Waals surface area contributed by atoms with Gasteiger partial charge in [-0.15, -0.1) is 0 Å². The minimum atomic E-state index is -0.648. The number of hydrogen-bond acceptors (Lipinski definition) is 3. The number of amidine groups is 1. The average Bonchev–Trinajstić information content (AvgIpc) is 2.48. The third-order valence-electron chi connectivity index (χ3n) is 2.62. The Morgan fingerprint density at radius 2 is 1.71 bits per heavy atom. The highest BCUT2D eigenvalue weighted by atomic mass is 16.6. The normalized spacial score (nSPS) is 11.0. The summed E-state index contributed by atoms with van der Waals surface area (Å²) >= 11 is 0. The Bertz CT molecular complexity index is 681. The Kier molecular flexibility index (Phi) is 4.25. The van der Waals surface area contributed by atoms with E-state index in [1.165, 1.54) is 24.3 Å². The first-order chi connectivity index (χ1) is 10.1. The van der Waals surface area contributed by atoms with Gasteiger partial charge in [-0.2, -0.15) is 4.99 Å². The van der Waals surface area contributed by atoms with Crippen LogP contribution in [0.25, 0.3) is 0 Å². The van der Waals surface area contributed by atoms with Crippen molar-refractivity contribution in [2.75, 3.05) is 5.32 Å². The second-order valence-electron chi connectivity index (χ2n) is 4.10. The third kappa shape index (κ3) is 3.87. The Morgan fingerprint density at radius 1 is 1.10 bits per heavy atom. The molecule has 21 heavy (non-hydrogen) atoms. The molecule has 2 amide bonds. The van der Waals surface area contributed by atoms with Gasteiger partial charge in [0.15, 0.2) is 0 Å². The summed E-state index contributed by atoms with van der Waals surface area (Å²) in [7, 11) is 0. The van der Waals surface area contributed by atoms with E-state index in [1.54, 1.807) is 24.3 Å². The highest BCUT2D eigenvalue weighted by molar-refractivity contribution is 6.06. The van der Waals surface area contributed by atoms with Crippen molar-refractivity contribution in [2.24, 2.45) is 10.7 Å². The quantitative estimate of drug-likeness (QED) is 0.390. The molecule has 0 saturated heterocycles. The molecule has 0 saturated carbocycles. The summed E-state index contributed by atoms with van der Waals surface area (Å²) in [4.78, 5) is 25.4. The van der Waals surface area contributed by atoms with Gasteiger partial charge < -0.3 is 11.1 Å². The van der Waals surface area contributed by atoms with Crippen LogP contribution in [0.4, 0.5) is 16.2 Å². The van der Waals surface area contributed by atoms with Gasteiger partial charge in [-0.05, 0) is 12.1 Å². The van der Waals surface area contributed by atoms with Crippen LogP contribution in [0.1, 0.15) is 5.56 Å². The number of amides is 2. The minimum Gasteiger partial charge on any atom is -0.383 e. The Hall–Kier alpha value is -3.22. The fourth-order valence-electron chi connectivity index (χ4n) is 1.60. The lowest BCUT2D eigenvalue weighted by atomic mass is 10.2. The van der Waals surface area contributed by atoms with Gasteiger partial charge in [-0.25, -0.2) is 4.79 Å². The second-order valence-corrected chi connectivity index (χ2v) is 4.10. The van der Waals surface area contributed by atoms with Gasteiger partial charge in [-0.3, -0.25) is 10.1 Å². The molecule has 2 aromatic rings. The smallest absolute Gasteiger partial charge is 0.347 e. The number of benzene rings is 2. The summed E-state index contributed by atoms with van der Waals surface area (Å²) in [6.07, 6.45) is 0. The summed E-state index contributed by atoms with van der Waals surface area (Å²) in [6, 6.07) is 13.6. The van der Waals surface area contributed by atoms with Crippen LogP contribution >= 0.6 is 0 Å². The molecule has 0 atom stereocenters. The lowest BCUT2D eigenvalue weighted by Crippen LogP contribution is -2.18. The van der Waals surface area contributed by atoms with Crippen LogP contribution in [-0.4, -0.2) is 16.8 Å². The SMILES string of the molecule is NC(=NC(=O)Nc1ccc([N+](=O)[O-])cc1)c1ccccc1. The monoisotopic (exact) mass is 284 g/mol.